The monoisotopic (exact) mass is 188 g/mol. The molecule has 0 aliphatic heterocycles. The van der Waals surface area contributed by atoms with E-state index in [2.05, 4.69) is 25.7 Å². The summed E-state index contributed by atoms with van der Waals surface area (Å²) in [5.41, 5.74) is 5.45. The lowest BCUT2D eigenvalue weighted by molar-refractivity contribution is 0.144. The molecule has 0 radical (unpaired) electrons. The largest absolute Gasteiger partial charge is 0.394 e. The first-order chi connectivity index (χ1) is 5.96. The van der Waals surface area contributed by atoms with E-state index in [1.165, 1.54) is 0 Å². The van der Waals surface area contributed by atoms with Gasteiger partial charge in [-0.05, 0) is 33.4 Å². The third kappa shape index (κ3) is 4.60. The molecule has 13 heavy (non-hydrogen) atoms. The van der Waals surface area contributed by atoms with E-state index in [0.717, 1.165) is 19.5 Å². The maximum Gasteiger partial charge on any atom is 0.0609 e. The van der Waals surface area contributed by atoms with Gasteiger partial charge in [0.2, 0.25) is 0 Å². The number of aliphatic hydroxyl groups excluding tert-OH is 1. The fourth-order valence-electron chi connectivity index (χ4n) is 1.72. The summed E-state index contributed by atoms with van der Waals surface area (Å²) in [6, 6.07) is 0.442. The van der Waals surface area contributed by atoms with Crippen LogP contribution in [0.25, 0.3) is 0 Å². The van der Waals surface area contributed by atoms with Gasteiger partial charge in [-0.1, -0.05) is 13.8 Å². The molecule has 80 valence electrons. The van der Waals surface area contributed by atoms with Crippen LogP contribution in [0, 0.1) is 0 Å². The van der Waals surface area contributed by atoms with E-state index in [-0.39, 0.29) is 6.61 Å². The lowest BCUT2D eigenvalue weighted by Crippen LogP contribution is -2.47. The molecular weight excluding hydrogens is 164 g/mol. The van der Waals surface area contributed by atoms with Crippen LogP contribution in [0.4, 0.5) is 0 Å². The SMILES string of the molecule is CCN(CC)C(C)CC(C)(N)CO. The van der Waals surface area contributed by atoms with Crippen molar-refractivity contribution in [2.45, 2.75) is 45.7 Å². The average Bonchev–Trinajstić information content (AvgIpc) is 2.06. The van der Waals surface area contributed by atoms with Gasteiger partial charge in [0.05, 0.1) is 6.61 Å². The van der Waals surface area contributed by atoms with Crippen molar-refractivity contribution < 1.29 is 5.11 Å². The van der Waals surface area contributed by atoms with Crippen molar-refractivity contribution in [3.8, 4) is 0 Å². The minimum absolute atomic E-state index is 0.0542. The summed E-state index contributed by atoms with van der Waals surface area (Å²) in [6.07, 6.45) is 0.838. The topological polar surface area (TPSA) is 49.5 Å². The average molecular weight is 188 g/mol. The van der Waals surface area contributed by atoms with E-state index >= 15 is 0 Å². The predicted octanol–water partition coefficient (Wildman–Crippen LogP) is 0.816. The van der Waals surface area contributed by atoms with Crippen molar-refractivity contribution in [3.63, 3.8) is 0 Å². The van der Waals surface area contributed by atoms with Gasteiger partial charge >= 0.3 is 0 Å². The highest BCUT2D eigenvalue weighted by molar-refractivity contribution is 4.83. The molecule has 0 aromatic rings. The molecule has 0 aromatic carbocycles. The van der Waals surface area contributed by atoms with Crippen molar-refractivity contribution in [3.05, 3.63) is 0 Å². The second-order valence-electron chi connectivity index (χ2n) is 4.09. The van der Waals surface area contributed by atoms with Gasteiger partial charge in [0, 0.05) is 11.6 Å². The first kappa shape index (κ1) is 12.9. The van der Waals surface area contributed by atoms with Crippen molar-refractivity contribution in [1.29, 1.82) is 0 Å². The van der Waals surface area contributed by atoms with E-state index in [1.54, 1.807) is 0 Å². The molecule has 3 heteroatoms. The maximum absolute atomic E-state index is 9.03. The summed E-state index contributed by atoms with van der Waals surface area (Å²) in [6.45, 7) is 10.5. The fourth-order valence-corrected chi connectivity index (χ4v) is 1.72. The molecule has 0 amide bonds. The highest BCUT2D eigenvalue weighted by Gasteiger charge is 2.22. The Bertz CT molecular complexity index is 133. The summed E-state index contributed by atoms with van der Waals surface area (Å²) >= 11 is 0. The number of hydrogen-bond donors (Lipinski definition) is 2. The van der Waals surface area contributed by atoms with Crippen LogP contribution in [0.3, 0.4) is 0 Å². The first-order valence-electron chi connectivity index (χ1n) is 5.10. The quantitative estimate of drug-likeness (QED) is 0.649. The fraction of sp³-hybridized carbons (Fsp3) is 1.00. The second kappa shape index (κ2) is 5.58. The molecule has 0 bridgehead atoms. The van der Waals surface area contributed by atoms with Crippen LogP contribution in [-0.2, 0) is 0 Å². The van der Waals surface area contributed by atoms with Crippen LogP contribution in [-0.4, -0.2) is 41.3 Å². The number of hydrogen-bond acceptors (Lipinski definition) is 3. The lowest BCUT2D eigenvalue weighted by Gasteiger charge is -2.32. The van der Waals surface area contributed by atoms with E-state index < -0.39 is 5.54 Å². The van der Waals surface area contributed by atoms with Gasteiger partial charge in [-0.25, -0.2) is 0 Å². The summed E-state index contributed by atoms with van der Waals surface area (Å²) in [5.74, 6) is 0. The normalized spacial score (nSPS) is 18.7. The van der Waals surface area contributed by atoms with Gasteiger partial charge in [-0.15, -0.1) is 0 Å². The van der Waals surface area contributed by atoms with E-state index in [1.807, 2.05) is 6.92 Å². The number of aliphatic hydroxyl groups is 1. The predicted molar refractivity (Wildman–Crippen MR) is 56.7 cm³/mol. The molecule has 0 aliphatic carbocycles. The third-order valence-electron chi connectivity index (χ3n) is 2.56. The van der Waals surface area contributed by atoms with Crippen molar-refractivity contribution in [2.24, 2.45) is 5.73 Å². The Balaban J connectivity index is 4.04. The number of rotatable bonds is 6. The van der Waals surface area contributed by atoms with Gasteiger partial charge in [-0.2, -0.15) is 0 Å². The summed E-state index contributed by atoms with van der Waals surface area (Å²) in [5, 5.41) is 9.03. The van der Waals surface area contributed by atoms with Crippen LogP contribution < -0.4 is 5.73 Å². The van der Waals surface area contributed by atoms with Crippen LogP contribution in [0.15, 0.2) is 0 Å². The van der Waals surface area contributed by atoms with Crippen LogP contribution in [0.1, 0.15) is 34.1 Å². The van der Waals surface area contributed by atoms with Gasteiger partial charge in [0.1, 0.15) is 0 Å². The zero-order valence-corrected chi connectivity index (χ0v) is 9.38. The third-order valence-corrected chi connectivity index (χ3v) is 2.56. The molecule has 0 heterocycles. The molecule has 0 aromatic heterocycles. The van der Waals surface area contributed by atoms with Crippen LogP contribution in [0.2, 0.25) is 0 Å². The van der Waals surface area contributed by atoms with Crippen molar-refractivity contribution in [2.75, 3.05) is 19.7 Å². The van der Waals surface area contributed by atoms with Crippen LogP contribution in [0.5, 0.6) is 0 Å². The molecule has 0 fully saturated rings. The molecule has 0 rings (SSSR count). The molecular formula is C10H24N2O. The number of nitrogens with two attached hydrogens (primary N) is 1. The Morgan fingerprint density at radius 2 is 1.85 bits per heavy atom. The molecule has 2 atom stereocenters. The first-order valence-corrected chi connectivity index (χ1v) is 5.10. The zero-order valence-electron chi connectivity index (χ0n) is 9.38. The minimum atomic E-state index is -0.442. The molecule has 0 spiro atoms. The standard InChI is InChI=1S/C10H24N2O/c1-5-12(6-2)9(3)7-10(4,11)8-13/h9,13H,5-8,11H2,1-4H3. The minimum Gasteiger partial charge on any atom is -0.394 e. The van der Waals surface area contributed by atoms with E-state index in [9.17, 15) is 0 Å². The Hall–Kier alpha value is -0.120. The highest BCUT2D eigenvalue weighted by atomic mass is 16.3. The summed E-state index contributed by atoms with van der Waals surface area (Å²) in [7, 11) is 0. The van der Waals surface area contributed by atoms with Gasteiger partial charge in [0.25, 0.3) is 0 Å². The second-order valence-corrected chi connectivity index (χ2v) is 4.09. The molecule has 3 N–H and O–H groups in total. The molecule has 0 aliphatic rings. The van der Waals surface area contributed by atoms with Gasteiger partial charge in [-0.3, -0.25) is 0 Å². The Morgan fingerprint density at radius 1 is 1.38 bits per heavy atom. The molecule has 3 nitrogen and oxygen atoms in total. The number of nitrogens with zero attached hydrogens (tertiary/aromatic N) is 1. The zero-order chi connectivity index (χ0) is 10.5. The van der Waals surface area contributed by atoms with Gasteiger partial charge < -0.3 is 15.7 Å². The molecule has 2 unspecified atom stereocenters. The van der Waals surface area contributed by atoms with Gasteiger partial charge in [0.15, 0.2) is 0 Å². The smallest absolute Gasteiger partial charge is 0.0609 e. The Morgan fingerprint density at radius 3 is 2.15 bits per heavy atom. The maximum atomic E-state index is 9.03. The summed E-state index contributed by atoms with van der Waals surface area (Å²) < 4.78 is 0. The molecule has 0 saturated carbocycles. The van der Waals surface area contributed by atoms with Crippen molar-refractivity contribution in [1.82, 2.24) is 4.90 Å². The van der Waals surface area contributed by atoms with E-state index in [0.29, 0.717) is 6.04 Å². The Labute approximate surface area is 81.9 Å². The highest BCUT2D eigenvalue weighted by Crippen LogP contribution is 2.12. The van der Waals surface area contributed by atoms with Crippen LogP contribution >= 0.6 is 0 Å². The summed E-state index contributed by atoms with van der Waals surface area (Å²) in [4.78, 5) is 2.35. The molecule has 0 saturated heterocycles. The Kier molecular flexibility index (Phi) is 5.53. The lowest BCUT2D eigenvalue weighted by atomic mass is 9.95. The van der Waals surface area contributed by atoms with E-state index in [4.69, 9.17) is 10.8 Å². The van der Waals surface area contributed by atoms with Crippen molar-refractivity contribution >= 4 is 0 Å².